The second-order valence-electron chi connectivity index (χ2n) is 4.56. The Balaban J connectivity index is 2.00. The van der Waals surface area contributed by atoms with E-state index < -0.39 is 23.7 Å². The molecule has 0 aromatic heterocycles. The molecule has 0 aliphatic heterocycles. The van der Waals surface area contributed by atoms with Gasteiger partial charge in [0.05, 0.1) is 11.7 Å². The van der Waals surface area contributed by atoms with E-state index in [1.54, 1.807) is 0 Å². The van der Waals surface area contributed by atoms with Gasteiger partial charge >= 0.3 is 6.03 Å². The van der Waals surface area contributed by atoms with Gasteiger partial charge in [0.15, 0.2) is 5.84 Å². The molecule has 6 nitrogen and oxygen atoms in total. The quantitative estimate of drug-likeness (QED) is 0.292. The SMILES string of the molecule is NC(=NO)C(NC(=O)Nc1ccc(F)cc1F)C1CC1. The van der Waals surface area contributed by atoms with E-state index in [-0.39, 0.29) is 17.4 Å². The Hall–Kier alpha value is -2.38. The number of benzene rings is 1. The summed E-state index contributed by atoms with van der Waals surface area (Å²) in [4.78, 5) is 11.7. The zero-order valence-corrected chi connectivity index (χ0v) is 10.4. The number of nitrogens with one attached hydrogen (secondary N) is 2. The first-order valence-electron chi connectivity index (χ1n) is 6.01. The predicted octanol–water partition coefficient (Wildman–Crippen LogP) is 1.61. The molecule has 2 amide bonds. The Morgan fingerprint density at radius 2 is 2.15 bits per heavy atom. The van der Waals surface area contributed by atoms with Gasteiger partial charge in [-0.2, -0.15) is 0 Å². The van der Waals surface area contributed by atoms with Gasteiger partial charge in [-0.3, -0.25) is 0 Å². The van der Waals surface area contributed by atoms with Gasteiger partial charge in [-0.1, -0.05) is 5.16 Å². The minimum absolute atomic E-state index is 0.106. The summed E-state index contributed by atoms with van der Waals surface area (Å²) < 4.78 is 26.1. The van der Waals surface area contributed by atoms with Crippen molar-refractivity contribution < 1.29 is 18.8 Å². The van der Waals surface area contributed by atoms with Gasteiger partial charge in [-0.05, 0) is 30.9 Å². The summed E-state index contributed by atoms with van der Waals surface area (Å²) in [6.45, 7) is 0. The molecule has 1 aromatic rings. The Labute approximate surface area is 113 Å². The van der Waals surface area contributed by atoms with Crippen molar-refractivity contribution in [1.29, 1.82) is 0 Å². The van der Waals surface area contributed by atoms with Crippen LogP contribution in [0.5, 0.6) is 0 Å². The minimum Gasteiger partial charge on any atom is -0.409 e. The molecule has 2 rings (SSSR count). The van der Waals surface area contributed by atoms with Crippen molar-refractivity contribution in [2.45, 2.75) is 18.9 Å². The average Bonchev–Trinajstić information content (AvgIpc) is 3.23. The molecule has 1 atom stereocenters. The van der Waals surface area contributed by atoms with Crippen molar-refractivity contribution in [2.75, 3.05) is 5.32 Å². The van der Waals surface area contributed by atoms with Crippen LogP contribution in [-0.2, 0) is 0 Å². The summed E-state index contributed by atoms with van der Waals surface area (Å²) in [6, 6.07) is 1.49. The maximum Gasteiger partial charge on any atom is 0.319 e. The third-order valence-electron chi connectivity index (χ3n) is 2.99. The van der Waals surface area contributed by atoms with Crippen molar-refractivity contribution in [3.63, 3.8) is 0 Å². The monoisotopic (exact) mass is 284 g/mol. The highest BCUT2D eigenvalue weighted by molar-refractivity contribution is 5.95. The molecule has 1 fully saturated rings. The number of amides is 2. The molecule has 0 bridgehead atoms. The van der Waals surface area contributed by atoms with E-state index >= 15 is 0 Å². The van der Waals surface area contributed by atoms with E-state index in [0.29, 0.717) is 6.07 Å². The van der Waals surface area contributed by atoms with Gasteiger partial charge in [0, 0.05) is 6.07 Å². The number of carbonyl (C=O) groups excluding carboxylic acids is 1. The summed E-state index contributed by atoms with van der Waals surface area (Å²) in [5.74, 6) is -1.62. The van der Waals surface area contributed by atoms with Crippen molar-refractivity contribution in [2.24, 2.45) is 16.8 Å². The molecule has 0 spiro atoms. The first kappa shape index (κ1) is 14.0. The molecule has 8 heteroatoms. The fourth-order valence-corrected chi connectivity index (χ4v) is 1.82. The highest BCUT2D eigenvalue weighted by atomic mass is 19.1. The maximum atomic E-state index is 13.4. The molecule has 1 saturated carbocycles. The molecule has 5 N–H and O–H groups in total. The maximum absolute atomic E-state index is 13.4. The minimum atomic E-state index is -0.882. The van der Waals surface area contributed by atoms with Crippen LogP contribution in [0.25, 0.3) is 0 Å². The third-order valence-corrected chi connectivity index (χ3v) is 2.99. The number of urea groups is 1. The van der Waals surface area contributed by atoms with E-state index in [1.807, 2.05) is 0 Å². The molecule has 0 saturated heterocycles. The van der Waals surface area contributed by atoms with Crippen molar-refractivity contribution in [1.82, 2.24) is 5.32 Å². The number of halogens is 2. The van der Waals surface area contributed by atoms with E-state index in [2.05, 4.69) is 15.8 Å². The Kier molecular flexibility index (Phi) is 4.02. The van der Waals surface area contributed by atoms with Crippen LogP contribution in [-0.4, -0.2) is 23.1 Å². The summed E-state index contributed by atoms with van der Waals surface area (Å²) in [5.41, 5.74) is 5.33. The topological polar surface area (TPSA) is 99.7 Å². The van der Waals surface area contributed by atoms with Crippen LogP contribution in [0.4, 0.5) is 19.3 Å². The van der Waals surface area contributed by atoms with Crippen LogP contribution < -0.4 is 16.4 Å². The van der Waals surface area contributed by atoms with Crippen LogP contribution in [0.3, 0.4) is 0 Å². The van der Waals surface area contributed by atoms with Gasteiger partial charge in [0.2, 0.25) is 0 Å². The van der Waals surface area contributed by atoms with Gasteiger partial charge in [-0.25, -0.2) is 13.6 Å². The summed E-state index contributed by atoms with van der Waals surface area (Å²) >= 11 is 0. The average molecular weight is 284 g/mol. The van der Waals surface area contributed by atoms with Crippen LogP contribution in [0.2, 0.25) is 0 Å². The molecule has 20 heavy (non-hydrogen) atoms. The fraction of sp³-hybridized carbons (Fsp3) is 0.333. The molecule has 1 aliphatic rings. The van der Waals surface area contributed by atoms with Gasteiger partial charge in [0.25, 0.3) is 0 Å². The number of oxime groups is 1. The van der Waals surface area contributed by atoms with Crippen molar-refractivity contribution in [3.8, 4) is 0 Å². The zero-order chi connectivity index (χ0) is 14.7. The number of carbonyl (C=O) groups is 1. The van der Waals surface area contributed by atoms with Crippen molar-refractivity contribution in [3.05, 3.63) is 29.8 Å². The molecule has 1 unspecified atom stereocenters. The molecule has 1 aliphatic carbocycles. The largest absolute Gasteiger partial charge is 0.409 e. The van der Waals surface area contributed by atoms with Gasteiger partial charge in [-0.15, -0.1) is 0 Å². The number of hydrogen-bond donors (Lipinski definition) is 4. The third kappa shape index (κ3) is 3.34. The molecular formula is C12H14F2N4O2. The van der Waals surface area contributed by atoms with E-state index in [0.717, 1.165) is 25.0 Å². The highest BCUT2D eigenvalue weighted by Gasteiger charge is 2.35. The smallest absolute Gasteiger partial charge is 0.319 e. The lowest BCUT2D eigenvalue weighted by atomic mass is 10.2. The lowest BCUT2D eigenvalue weighted by Gasteiger charge is -2.17. The van der Waals surface area contributed by atoms with Gasteiger partial charge in [0.1, 0.15) is 11.6 Å². The van der Waals surface area contributed by atoms with Gasteiger partial charge < -0.3 is 21.6 Å². The predicted molar refractivity (Wildman–Crippen MR) is 68.4 cm³/mol. The summed E-state index contributed by atoms with van der Waals surface area (Å²) in [6.07, 6.45) is 1.71. The lowest BCUT2D eigenvalue weighted by molar-refractivity contribution is 0.249. The number of nitrogens with zero attached hydrogens (tertiary/aromatic N) is 1. The second-order valence-corrected chi connectivity index (χ2v) is 4.56. The first-order chi connectivity index (χ1) is 9.51. The van der Waals surface area contributed by atoms with Crippen LogP contribution >= 0.6 is 0 Å². The van der Waals surface area contributed by atoms with Crippen molar-refractivity contribution >= 4 is 17.6 Å². The zero-order valence-electron chi connectivity index (χ0n) is 10.4. The molecule has 1 aromatic carbocycles. The molecule has 108 valence electrons. The fourth-order valence-electron chi connectivity index (χ4n) is 1.82. The lowest BCUT2D eigenvalue weighted by Crippen LogP contribution is -2.47. The molecule has 0 heterocycles. The summed E-state index contributed by atoms with van der Waals surface area (Å²) in [7, 11) is 0. The first-order valence-corrected chi connectivity index (χ1v) is 6.01. The standard InChI is InChI=1S/C12H14F2N4O2/c13-7-3-4-9(8(14)5-7)16-12(19)17-10(6-1-2-6)11(15)18-20/h3-6,10,20H,1-2H2,(H2,15,18)(H2,16,17,19). The Morgan fingerprint density at radius 3 is 2.70 bits per heavy atom. The number of rotatable bonds is 4. The normalized spacial score (nSPS) is 16.6. The number of amidine groups is 1. The summed E-state index contributed by atoms with van der Waals surface area (Å²) in [5, 5.41) is 16.3. The molecule has 0 radical (unpaired) electrons. The number of anilines is 1. The second kappa shape index (κ2) is 5.72. The highest BCUT2D eigenvalue weighted by Crippen LogP contribution is 2.32. The number of nitrogens with two attached hydrogens (primary N) is 1. The van der Waals surface area contributed by atoms with E-state index in [4.69, 9.17) is 10.9 Å². The number of hydrogen-bond acceptors (Lipinski definition) is 3. The van der Waals surface area contributed by atoms with Crippen LogP contribution in [0.1, 0.15) is 12.8 Å². The van der Waals surface area contributed by atoms with Crippen LogP contribution in [0, 0.1) is 17.6 Å². The van der Waals surface area contributed by atoms with E-state index in [9.17, 15) is 13.6 Å². The van der Waals surface area contributed by atoms with E-state index in [1.165, 1.54) is 0 Å². The van der Waals surface area contributed by atoms with Crippen LogP contribution in [0.15, 0.2) is 23.4 Å². The molecular weight excluding hydrogens is 270 g/mol. The Morgan fingerprint density at radius 1 is 1.45 bits per heavy atom. The Bertz CT molecular complexity index is 546.